The Morgan fingerprint density at radius 3 is 2.58 bits per heavy atom. The van der Waals surface area contributed by atoms with Crippen molar-refractivity contribution >= 4 is 34.4 Å². The maximum Gasteiger partial charge on any atom is 0.326 e. The number of rotatable bonds is 6. The van der Waals surface area contributed by atoms with Crippen LogP contribution in [0, 0.1) is 6.92 Å². The van der Waals surface area contributed by atoms with Crippen molar-refractivity contribution in [2.45, 2.75) is 25.8 Å². The molecule has 0 saturated heterocycles. The molecule has 0 spiro atoms. The van der Waals surface area contributed by atoms with E-state index in [-0.39, 0.29) is 12.8 Å². The number of carboxylic acids is 2. The zero-order chi connectivity index (χ0) is 14.4. The molecule has 19 heavy (non-hydrogen) atoms. The zero-order valence-corrected chi connectivity index (χ0v) is 10.9. The van der Waals surface area contributed by atoms with E-state index in [0.717, 1.165) is 4.88 Å². The van der Waals surface area contributed by atoms with Gasteiger partial charge in [-0.1, -0.05) is 0 Å². The number of carbonyl (C=O) groups is 3. The molecule has 0 fully saturated rings. The molecule has 4 N–H and O–H groups in total. The first-order chi connectivity index (χ1) is 8.88. The smallest absolute Gasteiger partial charge is 0.326 e. The Balaban J connectivity index is 2.51. The van der Waals surface area contributed by atoms with Crippen LogP contribution < -0.4 is 10.6 Å². The number of urea groups is 1. The molecule has 0 aliphatic rings. The van der Waals surface area contributed by atoms with Crippen molar-refractivity contribution in [3.63, 3.8) is 0 Å². The maximum atomic E-state index is 11.5. The Morgan fingerprint density at radius 1 is 1.42 bits per heavy atom. The predicted molar refractivity (Wildman–Crippen MR) is 67.3 cm³/mol. The van der Waals surface area contributed by atoms with Crippen molar-refractivity contribution in [1.29, 1.82) is 0 Å². The number of aliphatic carboxylic acids is 2. The van der Waals surface area contributed by atoms with Crippen LogP contribution in [0.15, 0.2) is 6.20 Å². The van der Waals surface area contributed by atoms with Crippen LogP contribution in [0.5, 0.6) is 0 Å². The lowest BCUT2D eigenvalue weighted by molar-refractivity contribution is -0.140. The number of aromatic nitrogens is 1. The van der Waals surface area contributed by atoms with Crippen molar-refractivity contribution in [2.75, 3.05) is 5.32 Å². The fraction of sp³-hybridized carbons (Fsp3) is 0.400. The lowest BCUT2D eigenvalue weighted by atomic mass is 10.1. The second kappa shape index (κ2) is 6.69. The van der Waals surface area contributed by atoms with Crippen LogP contribution in [-0.4, -0.2) is 39.2 Å². The van der Waals surface area contributed by atoms with Crippen molar-refractivity contribution in [3.05, 3.63) is 11.1 Å². The molecule has 0 aromatic carbocycles. The first-order valence-corrected chi connectivity index (χ1v) is 6.14. The number of hydrogen-bond donors (Lipinski definition) is 4. The van der Waals surface area contributed by atoms with Gasteiger partial charge >= 0.3 is 18.0 Å². The Kier molecular flexibility index (Phi) is 5.24. The van der Waals surface area contributed by atoms with Crippen molar-refractivity contribution in [1.82, 2.24) is 10.3 Å². The monoisotopic (exact) mass is 287 g/mol. The number of nitrogens with one attached hydrogen (secondary N) is 2. The molecule has 9 heteroatoms. The summed E-state index contributed by atoms with van der Waals surface area (Å²) < 4.78 is 0. The molecular formula is C10H13N3O5S. The lowest BCUT2D eigenvalue weighted by Gasteiger charge is -2.13. The van der Waals surface area contributed by atoms with Crippen LogP contribution in [0.1, 0.15) is 17.7 Å². The van der Waals surface area contributed by atoms with E-state index in [1.807, 2.05) is 6.92 Å². The van der Waals surface area contributed by atoms with Gasteiger partial charge in [0.15, 0.2) is 5.13 Å². The van der Waals surface area contributed by atoms with Crippen LogP contribution >= 0.6 is 11.3 Å². The molecule has 8 nitrogen and oxygen atoms in total. The fourth-order valence-electron chi connectivity index (χ4n) is 1.23. The summed E-state index contributed by atoms with van der Waals surface area (Å²) >= 11 is 1.25. The molecule has 1 aromatic heterocycles. The van der Waals surface area contributed by atoms with Gasteiger partial charge in [-0.05, 0) is 13.3 Å². The third kappa shape index (κ3) is 5.34. The molecule has 0 radical (unpaired) electrons. The highest BCUT2D eigenvalue weighted by Crippen LogP contribution is 2.16. The molecule has 0 aliphatic heterocycles. The van der Waals surface area contributed by atoms with Gasteiger partial charge in [0.25, 0.3) is 0 Å². The summed E-state index contributed by atoms with van der Waals surface area (Å²) in [6, 6.07) is -1.98. The molecule has 0 bridgehead atoms. The second-order valence-electron chi connectivity index (χ2n) is 3.70. The van der Waals surface area contributed by atoms with Gasteiger partial charge in [0.05, 0.1) is 0 Å². The van der Waals surface area contributed by atoms with Crippen LogP contribution in [0.2, 0.25) is 0 Å². The Morgan fingerprint density at radius 2 is 2.11 bits per heavy atom. The van der Waals surface area contributed by atoms with Gasteiger partial charge in [-0.2, -0.15) is 0 Å². The summed E-state index contributed by atoms with van der Waals surface area (Å²) in [6.45, 7) is 1.81. The Bertz CT molecular complexity index is 487. The van der Waals surface area contributed by atoms with Crippen LogP contribution in [-0.2, 0) is 9.59 Å². The summed E-state index contributed by atoms with van der Waals surface area (Å²) in [7, 11) is 0. The van der Waals surface area contributed by atoms with Gasteiger partial charge in [0.2, 0.25) is 0 Å². The van der Waals surface area contributed by atoms with Crippen molar-refractivity contribution < 1.29 is 24.6 Å². The summed E-state index contributed by atoms with van der Waals surface area (Å²) in [4.78, 5) is 37.5. The highest BCUT2D eigenvalue weighted by Gasteiger charge is 2.21. The van der Waals surface area contributed by atoms with E-state index < -0.39 is 24.0 Å². The second-order valence-corrected chi connectivity index (χ2v) is 4.93. The molecule has 0 saturated carbocycles. The highest BCUT2D eigenvalue weighted by molar-refractivity contribution is 7.15. The van der Waals surface area contributed by atoms with Crippen LogP contribution in [0.3, 0.4) is 0 Å². The largest absolute Gasteiger partial charge is 0.481 e. The minimum atomic E-state index is -1.29. The predicted octanol–water partition coefficient (Wildman–Crippen LogP) is 0.891. The van der Waals surface area contributed by atoms with E-state index in [0.29, 0.717) is 5.13 Å². The van der Waals surface area contributed by atoms with E-state index >= 15 is 0 Å². The number of thiazole rings is 1. The average Bonchev–Trinajstić information content (AvgIpc) is 2.69. The van der Waals surface area contributed by atoms with Gasteiger partial charge in [0.1, 0.15) is 6.04 Å². The number of hydrogen-bond acceptors (Lipinski definition) is 5. The molecular weight excluding hydrogens is 274 g/mol. The molecule has 2 amide bonds. The summed E-state index contributed by atoms with van der Waals surface area (Å²) in [5.41, 5.74) is 0. The molecule has 104 valence electrons. The summed E-state index contributed by atoms with van der Waals surface area (Å²) in [6.07, 6.45) is 1.04. The number of nitrogens with zero attached hydrogens (tertiary/aromatic N) is 1. The minimum absolute atomic E-state index is 0.186. The average molecular weight is 287 g/mol. The third-order valence-corrected chi connectivity index (χ3v) is 2.92. The highest BCUT2D eigenvalue weighted by atomic mass is 32.1. The first kappa shape index (κ1) is 14.9. The molecule has 1 unspecified atom stereocenters. The SMILES string of the molecule is Cc1cnc(NC(=O)NC(CCC(=O)O)C(=O)O)s1. The zero-order valence-electron chi connectivity index (χ0n) is 10.0. The van der Waals surface area contributed by atoms with Crippen LogP contribution in [0.4, 0.5) is 9.93 Å². The lowest BCUT2D eigenvalue weighted by Crippen LogP contribution is -2.43. The van der Waals surface area contributed by atoms with Gasteiger partial charge in [-0.3, -0.25) is 10.1 Å². The van der Waals surface area contributed by atoms with E-state index in [1.165, 1.54) is 11.3 Å². The normalized spacial score (nSPS) is 11.6. The number of amides is 2. The van der Waals surface area contributed by atoms with E-state index in [1.54, 1.807) is 6.20 Å². The van der Waals surface area contributed by atoms with E-state index in [2.05, 4.69) is 15.6 Å². The Hall–Kier alpha value is -2.16. The third-order valence-electron chi connectivity index (χ3n) is 2.09. The minimum Gasteiger partial charge on any atom is -0.481 e. The number of aryl methyl sites for hydroxylation is 1. The molecule has 1 heterocycles. The van der Waals surface area contributed by atoms with Gasteiger partial charge in [-0.25, -0.2) is 14.6 Å². The number of anilines is 1. The van der Waals surface area contributed by atoms with Gasteiger partial charge in [-0.15, -0.1) is 11.3 Å². The van der Waals surface area contributed by atoms with Gasteiger partial charge in [0, 0.05) is 17.5 Å². The first-order valence-electron chi connectivity index (χ1n) is 5.33. The molecule has 0 aliphatic carbocycles. The molecule has 1 atom stereocenters. The summed E-state index contributed by atoms with van der Waals surface area (Å²) in [5.74, 6) is -2.41. The van der Waals surface area contributed by atoms with Crippen molar-refractivity contribution in [3.8, 4) is 0 Å². The topological polar surface area (TPSA) is 129 Å². The number of carbonyl (C=O) groups excluding carboxylic acids is 1. The number of carboxylic acid groups (broad SMARTS) is 2. The Labute approximate surface area is 112 Å². The quantitative estimate of drug-likeness (QED) is 0.615. The van der Waals surface area contributed by atoms with Crippen molar-refractivity contribution in [2.24, 2.45) is 0 Å². The van der Waals surface area contributed by atoms with Crippen LogP contribution in [0.25, 0.3) is 0 Å². The van der Waals surface area contributed by atoms with Gasteiger partial charge < -0.3 is 15.5 Å². The van der Waals surface area contributed by atoms with E-state index in [9.17, 15) is 14.4 Å². The fourth-order valence-corrected chi connectivity index (χ4v) is 1.89. The maximum absolute atomic E-state index is 11.5. The summed E-state index contributed by atoms with van der Waals surface area (Å²) in [5, 5.41) is 22.3. The molecule has 1 aromatic rings. The standard InChI is InChI=1S/C10H13N3O5S/c1-5-4-11-10(19-5)13-9(18)12-6(8(16)17)2-3-7(14)15/h4,6H,2-3H2,1H3,(H,14,15)(H,16,17)(H2,11,12,13,18). The van der Waals surface area contributed by atoms with E-state index in [4.69, 9.17) is 10.2 Å². The molecule has 1 rings (SSSR count).